The second kappa shape index (κ2) is 7.53. The molecular weight excluding hydrogens is 330 g/mol. The number of halogens is 2. The highest BCUT2D eigenvalue weighted by Crippen LogP contribution is 2.28. The van der Waals surface area contributed by atoms with Gasteiger partial charge in [0.05, 0.1) is 16.6 Å². The molecular formula is C18H14F2N2O3. The van der Waals surface area contributed by atoms with Crippen molar-refractivity contribution in [2.24, 2.45) is 0 Å². The lowest BCUT2D eigenvalue weighted by Crippen LogP contribution is -2.05. The van der Waals surface area contributed by atoms with E-state index in [1.807, 2.05) is 6.07 Å². The van der Waals surface area contributed by atoms with Crippen LogP contribution >= 0.6 is 0 Å². The van der Waals surface area contributed by atoms with Gasteiger partial charge in [0.2, 0.25) is 0 Å². The Bertz CT molecular complexity index is 846. The molecule has 5 nitrogen and oxygen atoms in total. The summed E-state index contributed by atoms with van der Waals surface area (Å²) in [6.07, 6.45) is 1.59. The van der Waals surface area contributed by atoms with E-state index in [2.05, 4.69) is 4.74 Å². The molecule has 0 bridgehead atoms. The van der Waals surface area contributed by atoms with Crippen LogP contribution in [0.3, 0.4) is 0 Å². The van der Waals surface area contributed by atoms with E-state index in [-0.39, 0.29) is 11.4 Å². The summed E-state index contributed by atoms with van der Waals surface area (Å²) < 4.78 is 29.4. The highest BCUT2D eigenvalue weighted by molar-refractivity contribution is 5.90. The van der Waals surface area contributed by atoms with Crippen molar-refractivity contribution in [2.45, 2.75) is 20.5 Å². The molecule has 0 amide bonds. The molecule has 2 rings (SSSR count). The van der Waals surface area contributed by atoms with E-state index in [0.29, 0.717) is 27.8 Å². The maximum Gasteiger partial charge on any atom is 0.387 e. The van der Waals surface area contributed by atoms with E-state index in [0.717, 1.165) is 0 Å². The van der Waals surface area contributed by atoms with Crippen LogP contribution in [-0.4, -0.2) is 11.5 Å². The predicted molar refractivity (Wildman–Crippen MR) is 89.1 cm³/mol. The van der Waals surface area contributed by atoms with Crippen LogP contribution in [0.1, 0.15) is 22.3 Å². The monoisotopic (exact) mass is 344 g/mol. The Morgan fingerprint density at radius 1 is 1.24 bits per heavy atom. The third-order valence-corrected chi connectivity index (χ3v) is 3.51. The van der Waals surface area contributed by atoms with Gasteiger partial charge in [0.1, 0.15) is 5.75 Å². The molecule has 7 heteroatoms. The molecule has 0 radical (unpaired) electrons. The lowest BCUT2D eigenvalue weighted by atomic mass is 10.0. The van der Waals surface area contributed by atoms with E-state index in [9.17, 15) is 24.2 Å². The number of non-ortho nitro benzene ring substituents is 1. The molecule has 128 valence electrons. The summed E-state index contributed by atoms with van der Waals surface area (Å²) >= 11 is 0. The van der Waals surface area contributed by atoms with E-state index >= 15 is 0 Å². The highest BCUT2D eigenvalue weighted by Gasteiger charge is 2.12. The van der Waals surface area contributed by atoms with Crippen LogP contribution in [-0.2, 0) is 0 Å². The van der Waals surface area contributed by atoms with Crippen LogP contribution in [0.2, 0.25) is 0 Å². The molecule has 0 saturated carbocycles. The smallest absolute Gasteiger partial charge is 0.387 e. The number of rotatable bonds is 5. The molecule has 0 fully saturated rings. The molecule has 0 spiro atoms. The Kier molecular flexibility index (Phi) is 5.45. The number of aryl methyl sites for hydroxylation is 2. The summed E-state index contributed by atoms with van der Waals surface area (Å²) in [5.74, 6) is 0.112. The zero-order chi connectivity index (χ0) is 18.6. The quantitative estimate of drug-likeness (QED) is 0.335. The first kappa shape index (κ1) is 18.1. The lowest BCUT2D eigenvalue weighted by Gasteiger charge is -2.12. The summed E-state index contributed by atoms with van der Waals surface area (Å²) in [5.41, 5.74) is 2.44. The molecule has 0 saturated heterocycles. The van der Waals surface area contributed by atoms with Crippen molar-refractivity contribution in [2.75, 3.05) is 0 Å². The van der Waals surface area contributed by atoms with Gasteiger partial charge in [0, 0.05) is 12.1 Å². The highest BCUT2D eigenvalue weighted by atomic mass is 19.3. The van der Waals surface area contributed by atoms with Gasteiger partial charge in [-0.3, -0.25) is 10.1 Å². The fraction of sp³-hybridized carbons (Fsp3) is 0.167. The van der Waals surface area contributed by atoms with Gasteiger partial charge in [-0.2, -0.15) is 14.0 Å². The first-order valence-corrected chi connectivity index (χ1v) is 7.24. The first-order chi connectivity index (χ1) is 11.8. The normalized spacial score (nSPS) is 11.3. The summed E-state index contributed by atoms with van der Waals surface area (Å²) in [4.78, 5) is 10.2. The number of allylic oxidation sites excluding steroid dienone is 1. The molecule has 0 aromatic heterocycles. The zero-order valence-electron chi connectivity index (χ0n) is 13.5. The van der Waals surface area contributed by atoms with Crippen LogP contribution in [0.5, 0.6) is 5.75 Å². The fourth-order valence-corrected chi connectivity index (χ4v) is 2.45. The minimum absolute atomic E-state index is 0.0683. The van der Waals surface area contributed by atoms with Gasteiger partial charge in [-0.05, 0) is 66.4 Å². The van der Waals surface area contributed by atoms with E-state index in [1.165, 1.54) is 24.3 Å². The van der Waals surface area contributed by atoms with Gasteiger partial charge >= 0.3 is 6.61 Å². The topological polar surface area (TPSA) is 76.2 Å². The van der Waals surface area contributed by atoms with Gasteiger partial charge < -0.3 is 4.74 Å². The number of nitrogens with zero attached hydrogens (tertiary/aromatic N) is 2. The largest absolute Gasteiger partial charge is 0.434 e. The molecule has 2 aromatic rings. The molecule has 25 heavy (non-hydrogen) atoms. The number of hydrogen-bond donors (Lipinski definition) is 0. The maximum absolute atomic E-state index is 12.4. The van der Waals surface area contributed by atoms with Crippen molar-refractivity contribution in [1.82, 2.24) is 0 Å². The molecule has 2 aromatic carbocycles. The molecule has 0 unspecified atom stereocenters. The zero-order valence-corrected chi connectivity index (χ0v) is 13.5. The Morgan fingerprint density at radius 3 is 2.24 bits per heavy atom. The average molecular weight is 344 g/mol. The lowest BCUT2D eigenvalue weighted by molar-refractivity contribution is -0.384. The minimum atomic E-state index is -2.91. The summed E-state index contributed by atoms with van der Waals surface area (Å²) in [6.45, 7) is 0.369. The van der Waals surface area contributed by atoms with Crippen molar-refractivity contribution in [1.29, 1.82) is 5.26 Å². The van der Waals surface area contributed by atoms with Crippen molar-refractivity contribution in [3.63, 3.8) is 0 Å². The number of nitro groups is 1. The SMILES string of the molecule is Cc1cc(/C=C(\C#N)c2ccc([N+](=O)[O-])cc2)cc(C)c1OC(F)F. The van der Waals surface area contributed by atoms with E-state index in [4.69, 9.17) is 0 Å². The number of hydrogen-bond acceptors (Lipinski definition) is 4. The molecule has 0 heterocycles. The minimum Gasteiger partial charge on any atom is -0.434 e. The van der Waals surface area contributed by atoms with Gasteiger partial charge in [0.15, 0.2) is 0 Å². The Labute approximate surface area is 142 Å². The van der Waals surface area contributed by atoms with E-state index < -0.39 is 11.5 Å². The second-order valence-electron chi connectivity index (χ2n) is 5.34. The first-order valence-electron chi connectivity index (χ1n) is 7.24. The maximum atomic E-state index is 12.4. The van der Waals surface area contributed by atoms with Crippen LogP contribution in [0.4, 0.5) is 14.5 Å². The molecule has 0 aliphatic carbocycles. The number of nitriles is 1. The number of alkyl halides is 2. The van der Waals surface area contributed by atoms with Crippen molar-refractivity contribution < 1.29 is 18.4 Å². The van der Waals surface area contributed by atoms with Gasteiger partial charge in [-0.15, -0.1) is 0 Å². The van der Waals surface area contributed by atoms with Crippen molar-refractivity contribution in [3.8, 4) is 11.8 Å². The number of ether oxygens (including phenoxy) is 1. The van der Waals surface area contributed by atoms with Crippen LogP contribution in [0.15, 0.2) is 36.4 Å². The summed E-state index contributed by atoms with van der Waals surface area (Å²) in [6, 6.07) is 10.9. The van der Waals surface area contributed by atoms with Crippen molar-refractivity contribution in [3.05, 3.63) is 68.8 Å². The fourth-order valence-electron chi connectivity index (χ4n) is 2.45. The summed E-state index contributed by atoms with van der Waals surface area (Å²) in [5, 5.41) is 20.0. The second-order valence-corrected chi connectivity index (χ2v) is 5.34. The standard InChI is InChI=1S/C18H14F2N2O3/c1-11-7-13(8-12(2)17(11)25-18(19)20)9-15(10-21)14-3-5-16(6-4-14)22(23)24/h3-9,18H,1-2H3/b15-9+. The molecule has 0 atom stereocenters. The molecule has 0 aliphatic rings. The third kappa shape index (κ3) is 4.38. The van der Waals surface area contributed by atoms with Crippen molar-refractivity contribution >= 4 is 17.3 Å². The third-order valence-electron chi connectivity index (χ3n) is 3.51. The van der Waals surface area contributed by atoms with Crippen LogP contribution in [0.25, 0.3) is 11.6 Å². The van der Waals surface area contributed by atoms with Gasteiger partial charge in [-0.1, -0.05) is 0 Å². The number of nitro benzene ring substituents is 1. The molecule has 0 N–H and O–H groups in total. The average Bonchev–Trinajstić information content (AvgIpc) is 2.56. The summed E-state index contributed by atoms with van der Waals surface area (Å²) in [7, 11) is 0. The Hall–Kier alpha value is -3.27. The Balaban J connectivity index is 2.40. The number of benzene rings is 2. The Morgan fingerprint density at radius 2 is 1.80 bits per heavy atom. The predicted octanol–water partition coefficient (Wildman–Crippen LogP) is 4.88. The van der Waals surface area contributed by atoms with Crippen LogP contribution < -0.4 is 4.74 Å². The van der Waals surface area contributed by atoms with Crippen LogP contribution in [0, 0.1) is 35.3 Å². The molecule has 0 aliphatic heterocycles. The van der Waals surface area contributed by atoms with Gasteiger partial charge in [-0.25, -0.2) is 0 Å². The van der Waals surface area contributed by atoms with E-state index in [1.54, 1.807) is 32.1 Å². The van der Waals surface area contributed by atoms with Gasteiger partial charge in [0.25, 0.3) is 5.69 Å².